The number of thiophene rings is 1. The summed E-state index contributed by atoms with van der Waals surface area (Å²) >= 11 is 13.0. The molecule has 0 aromatic carbocycles. The molecule has 0 atom stereocenters. The third kappa shape index (κ3) is 3.45. The molecule has 1 aliphatic heterocycles. The van der Waals surface area contributed by atoms with Gasteiger partial charge in [-0.3, -0.25) is 9.69 Å². The SMILES string of the molecule is O=C(CN1CCC(CO)CC1)c1cc(Cl)sc1Cl. The van der Waals surface area contributed by atoms with Gasteiger partial charge < -0.3 is 5.11 Å². The van der Waals surface area contributed by atoms with E-state index in [-0.39, 0.29) is 12.4 Å². The highest BCUT2D eigenvalue weighted by atomic mass is 35.5. The molecule has 2 heterocycles. The van der Waals surface area contributed by atoms with Crippen molar-refractivity contribution in [1.29, 1.82) is 0 Å². The molecule has 18 heavy (non-hydrogen) atoms. The molecule has 2 rings (SSSR count). The molecule has 0 radical (unpaired) electrons. The topological polar surface area (TPSA) is 40.5 Å². The zero-order valence-corrected chi connectivity index (χ0v) is 12.2. The van der Waals surface area contributed by atoms with Crippen LogP contribution in [0.2, 0.25) is 8.67 Å². The van der Waals surface area contributed by atoms with Crippen LogP contribution in [0.5, 0.6) is 0 Å². The van der Waals surface area contributed by atoms with Gasteiger partial charge in [-0.25, -0.2) is 0 Å². The van der Waals surface area contributed by atoms with E-state index >= 15 is 0 Å². The summed E-state index contributed by atoms with van der Waals surface area (Å²) in [6.07, 6.45) is 1.89. The molecule has 0 saturated carbocycles. The van der Waals surface area contributed by atoms with Crippen LogP contribution in [-0.4, -0.2) is 42.0 Å². The zero-order valence-electron chi connectivity index (χ0n) is 9.86. The number of hydrogen-bond donors (Lipinski definition) is 1. The minimum absolute atomic E-state index is 0.0191. The predicted molar refractivity (Wildman–Crippen MR) is 74.9 cm³/mol. The highest BCUT2D eigenvalue weighted by Gasteiger charge is 2.22. The number of aliphatic hydroxyl groups is 1. The van der Waals surface area contributed by atoms with Gasteiger partial charge in [-0.05, 0) is 37.9 Å². The smallest absolute Gasteiger partial charge is 0.179 e. The number of Topliss-reactive ketones (excluding diaryl/α,β-unsaturated/α-hetero) is 1. The van der Waals surface area contributed by atoms with Gasteiger partial charge in [-0.2, -0.15) is 0 Å². The van der Waals surface area contributed by atoms with E-state index in [1.165, 1.54) is 11.3 Å². The maximum Gasteiger partial charge on any atom is 0.179 e. The van der Waals surface area contributed by atoms with Gasteiger partial charge in [0.05, 0.1) is 16.4 Å². The lowest BCUT2D eigenvalue weighted by Crippen LogP contribution is -2.38. The first-order valence-corrected chi connectivity index (χ1v) is 7.48. The number of piperidine rings is 1. The van der Waals surface area contributed by atoms with Gasteiger partial charge in [-0.1, -0.05) is 23.2 Å². The Morgan fingerprint density at radius 3 is 2.61 bits per heavy atom. The van der Waals surface area contributed by atoms with Crippen LogP contribution in [0.4, 0.5) is 0 Å². The Morgan fingerprint density at radius 1 is 1.44 bits per heavy atom. The fourth-order valence-corrected chi connectivity index (χ4v) is 3.64. The Kier molecular flexibility index (Phi) is 5.04. The molecule has 0 amide bonds. The lowest BCUT2D eigenvalue weighted by Gasteiger charge is -2.30. The number of likely N-dealkylation sites (tertiary alicyclic amines) is 1. The fourth-order valence-electron chi connectivity index (χ4n) is 2.15. The maximum absolute atomic E-state index is 12.1. The van der Waals surface area contributed by atoms with Gasteiger partial charge in [0.25, 0.3) is 0 Å². The second-order valence-corrected chi connectivity index (χ2v) is 6.85. The fraction of sp³-hybridized carbons (Fsp3) is 0.583. The van der Waals surface area contributed by atoms with Gasteiger partial charge >= 0.3 is 0 Å². The molecule has 1 aliphatic rings. The molecule has 1 aromatic rings. The summed E-state index contributed by atoms with van der Waals surface area (Å²) in [6.45, 7) is 2.33. The molecule has 0 bridgehead atoms. The Morgan fingerprint density at radius 2 is 2.11 bits per heavy atom. The molecule has 0 aliphatic carbocycles. The van der Waals surface area contributed by atoms with E-state index in [0.717, 1.165) is 25.9 Å². The van der Waals surface area contributed by atoms with E-state index in [2.05, 4.69) is 4.90 Å². The first-order valence-electron chi connectivity index (χ1n) is 5.91. The van der Waals surface area contributed by atoms with E-state index in [1.54, 1.807) is 6.07 Å². The van der Waals surface area contributed by atoms with Gasteiger partial charge in [0, 0.05) is 6.61 Å². The second-order valence-electron chi connectivity index (χ2n) is 4.56. The van der Waals surface area contributed by atoms with Crippen molar-refractivity contribution in [3.05, 3.63) is 20.3 Å². The molecule has 100 valence electrons. The maximum atomic E-state index is 12.1. The van der Waals surface area contributed by atoms with Crippen LogP contribution in [0.25, 0.3) is 0 Å². The van der Waals surface area contributed by atoms with Crippen LogP contribution in [0, 0.1) is 5.92 Å². The molecular weight excluding hydrogens is 293 g/mol. The largest absolute Gasteiger partial charge is 0.396 e. The summed E-state index contributed by atoms with van der Waals surface area (Å²) in [6, 6.07) is 1.64. The van der Waals surface area contributed by atoms with E-state index < -0.39 is 0 Å². The summed E-state index contributed by atoms with van der Waals surface area (Å²) in [4.78, 5) is 14.2. The Labute approximate surface area is 120 Å². The second kappa shape index (κ2) is 6.35. The number of hydrogen-bond acceptors (Lipinski definition) is 4. The van der Waals surface area contributed by atoms with E-state index in [9.17, 15) is 4.79 Å². The number of halogens is 2. The highest BCUT2D eigenvalue weighted by Crippen LogP contribution is 2.31. The summed E-state index contributed by atoms with van der Waals surface area (Å²) in [5, 5.41) is 9.06. The van der Waals surface area contributed by atoms with E-state index in [0.29, 0.717) is 26.7 Å². The molecule has 1 N–H and O–H groups in total. The Bertz CT molecular complexity index is 428. The van der Waals surface area contributed by atoms with Gasteiger partial charge in [0.15, 0.2) is 5.78 Å². The number of ketones is 1. The highest BCUT2D eigenvalue weighted by molar-refractivity contribution is 7.20. The first kappa shape index (κ1) is 14.3. The minimum atomic E-state index is 0.0191. The lowest BCUT2D eigenvalue weighted by atomic mass is 9.97. The third-order valence-electron chi connectivity index (χ3n) is 3.29. The molecule has 1 saturated heterocycles. The van der Waals surface area contributed by atoms with Crippen LogP contribution in [0.15, 0.2) is 6.07 Å². The van der Waals surface area contributed by atoms with Crippen molar-refractivity contribution in [2.75, 3.05) is 26.2 Å². The van der Waals surface area contributed by atoms with Crippen LogP contribution in [-0.2, 0) is 0 Å². The molecular formula is C12H15Cl2NO2S. The van der Waals surface area contributed by atoms with Crippen molar-refractivity contribution in [2.24, 2.45) is 5.92 Å². The molecule has 3 nitrogen and oxygen atoms in total. The predicted octanol–water partition coefficient (Wildman–Crippen LogP) is 2.94. The third-order valence-corrected chi connectivity index (χ3v) is 4.78. The number of carbonyl (C=O) groups excluding carboxylic acids is 1. The number of aliphatic hydroxyl groups excluding tert-OH is 1. The number of carbonyl (C=O) groups is 1. The standard InChI is InChI=1S/C12H15Cl2NO2S/c13-11-5-9(12(14)18-11)10(17)6-15-3-1-8(7-16)2-4-15/h5,8,16H,1-4,6-7H2. The average Bonchev–Trinajstić information content (AvgIpc) is 2.69. The van der Waals surface area contributed by atoms with Crippen LogP contribution < -0.4 is 0 Å². The molecule has 1 aromatic heterocycles. The lowest BCUT2D eigenvalue weighted by molar-refractivity contribution is 0.0864. The number of nitrogens with zero attached hydrogens (tertiary/aromatic N) is 1. The van der Waals surface area contributed by atoms with Crippen molar-refractivity contribution in [3.63, 3.8) is 0 Å². The first-order chi connectivity index (χ1) is 8.60. The van der Waals surface area contributed by atoms with E-state index in [1.807, 2.05) is 0 Å². The molecule has 0 spiro atoms. The van der Waals surface area contributed by atoms with E-state index in [4.69, 9.17) is 28.3 Å². The summed E-state index contributed by atoms with van der Waals surface area (Å²) in [5.41, 5.74) is 0.524. The van der Waals surface area contributed by atoms with Crippen LogP contribution in [0.1, 0.15) is 23.2 Å². The van der Waals surface area contributed by atoms with Crippen molar-refractivity contribution >= 4 is 40.3 Å². The van der Waals surface area contributed by atoms with Crippen molar-refractivity contribution < 1.29 is 9.90 Å². The van der Waals surface area contributed by atoms with Crippen molar-refractivity contribution in [2.45, 2.75) is 12.8 Å². The molecule has 0 unspecified atom stereocenters. The van der Waals surface area contributed by atoms with Crippen molar-refractivity contribution in [1.82, 2.24) is 4.90 Å². The zero-order chi connectivity index (χ0) is 13.1. The Hall–Kier alpha value is -0.130. The van der Waals surface area contributed by atoms with Gasteiger partial charge in [0.2, 0.25) is 0 Å². The minimum Gasteiger partial charge on any atom is -0.396 e. The molecule has 1 fully saturated rings. The average molecular weight is 308 g/mol. The summed E-state index contributed by atoms with van der Waals surface area (Å²) in [5.74, 6) is 0.404. The monoisotopic (exact) mass is 307 g/mol. The quantitative estimate of drug-likeness (QED) is 0.870. The van der Waals surface area contributed by atoms with Crippen molar-refractivity contribution in [3.8, 4) is 0 Å². The number of rotatable bonds is 4. The van der Waals surface area contributed by atoms with Crippen LogP contribution in [0.3, 0.4) is 0 Å². The summed E-state index contributed by atoms with van der Waals surface area (Å²) in [7, 11) is 0. The summed E-state index contributed by atoms with van der Waals surface area (Å²) < 4.78 is 1.01. The van der Waals surface area contributed by atoms with Crippen LogP contribution >= 0.6 is 34.5 Å². The normalized spacial score (nSPS) is 18.2. The van der Waals surface area contributed by atoms with Gasteiger partial charge in [-0.15, -0.1) is 11.3 Å². The Balaban J connectivity index is 1.90. The molecule has 6 heteroatoms. The van der Waals surface area contributed by atoms with Gasteiger partial charge in [0.1, 0.15) is 4.34 Å².